The first-order valence-electron chi connectivity index (χ1n) is 13.3. The minimum absolute atomic E-state index is 0. The molecule has 42 heavy (non-hydrogen) atoms. The first kappa shape index (κ1) is 33.3. The maximum Gasteiger partial charge on any atom is 0.305 e. The summed E-state index contributed by atoms with van der Waals surface area (Å²) in [6, 6.07) is 13.6. The van der Waals surface area contributed by atoms with E-state index in [1.54, 1.807) is 48.5 Å². The monoisotopic (exact) mass is 642 g/mol. The summed E-state index contributed by atoms with van der Waals surface area (Å²) in [4.78, 5) is 32.1. The Balaban J connectivity index is 0.00000484. The van der Waals surface area contributed by atoms with Gasteiger partial charge in [-0.3, -0.25) is 14.7 Å². The molecule has 11 heteroatoms. The standard InChI is InChI=1S/C31H31ClF3N3O3.Ni/c1-3-38-13-7-12-31(38,2)30(41)37-27-11-10-21(32)16-23(27)29(19-8-5-4-6-9-19)36-22(17-28(39)40)14-20-15-25(34)26(35)18-24(20)33;/h4-6,8-11,15-16,18,22H,3,7,12-14,17H2,1-2H3,(H2,36,37,39,40,41);/p-1/t22-,31-;/m1./s1. The molecule has 4 rings (SSSR count). The molecule has 1 fully saturated rings. The molecule has 1 heterocycles. The molecule has 2 atom stereocenters. The molecule has 1 saturated heterocycles. The number of nitrogens with zero attached hydrogens (tertiary/aromatic N) is 3. The first-order valence-corrected chi connectivity index (χ1v) is 13.7. The van der Waals surface area contributed by atoms with E-state index < -0.39 is 41.4 Å². The molecule has 0 saturated carbocycles. The zero-order chi connectivity index (χ0) is 29.7. The van der Waals surface area contributed by atoms with Crippen LogP contribution in [0.5, 0.6) is 0 Å². The summed E-state index contributed by atoms with van der Waals surface area (Å²) < 4.78 is 42.0. The van der Waals surface area contributed by atoms with Crippen molar-refractivity contribution in [3.63, 3.8) is 0 Å². The van der Waals surface area contributed by atoms with Crippen molar-refractivity contribution in [2.45, 2.75) is 51.1 Å². The average molecular weight is 644 g/mol. The Morgan fingerprint density at radius 2 is 1.76 bits per heavy atom. The second-order valence-corrected chi connectivity index (χ2v) is 10.6. The van der Waals surface area contributed by atoms with E-state index in [1.165, 1.54) is 0 Å². The molecule has 0 spiro atoms. The van der Waals surface area contributed by atoms with Gasteiger partial charge in [0.15, 0.2) is 11.6 Å². The van der Waals surface area contributed by atoms with Gasteiger partial charge in [0.2, 0.25) is 0 Å². The zero-order valence-electron chi connectivity index (χ0n) is 23.0. The Bertz CT molecular complexity index is 1470. The van der Waals surface area contributed by atoms with Crippen molar-refractivity contribution in [2.75, 3.05) is 13.1 Å². The number of carboxylic acids is 1. The third kappa shape index (κ3) is 7.60. The van der Waals surface area contributed by atoms with Crippen LogP contribution in [0.4, 0.5) is 18.9 Å². The van der Waals surface area contributed by atoms with Crippen molar-refractivity contribution in [1.82, 2.24) is 4.90 Å². The van der Waals surface area contributed by atoms with Crippen LogP contribution in [0.15, 0.2) is 65.7 Å². The predicted molar refractivity (Wildman–Crippen MR) is 153 cm³/mol. The molecule has 3 aromatic carbocycles. The summed E-state index contributed by atoms with van der Waals surface area (Å²) in [6.45, 7) is 5.34. The molecular formula is C31H30ClF3N3NiO3-. The van der Waals surface area contributed by atoms with Crippen molar-refractivity contribution in [2.24, 2.45) is 4.99 Å². The molecule has 0 unspecified atom stereocenters. The Kier molecular flexibility index (Phi) is 11.4. The van der Waals surface area contributed by atoms with Crippen LogP contribution in [0.3, 0.4) is 0 Å². The number of halogens is 4. The summed E-state index contributed by atoms with van der Waals surface area (Å²) >= 11 is 6.38. The van der Waals surface area contributed by atoms with Gasteiger partial charge in [0, 0.05) is 33.1 Å². The number of hydrogen-bond acceptors (Lipinski definition) is 4. The van der Waals surface area contributed by atoms with Crippen LogP contribution in [-0.4, -0.2) is 52.3 Å². The van der Waals surface area contributed by atoms with Gasteiger partial charge in [-0.25, -0.2) is 13.2 Å². The van der Waals surface area contributed by atoms with E-state index in [-0.39, 0.29) is 40.1 Å². The Labute approximate surface area is 257 Å². The van der Waals surface area contributed by atoms with E-state index in [4.69, 9.17) is 16.6 Å². The smallest absolute Gasteiger partial charge is 0.305 e. The van der Waals surface area contributed by atoms with Crippen LogP contribution >= 0.6 is 11.6 Å². The summed E-state index contributed by atoms with van der Waals surface area (Å²) in [6.07, 6.45) is 0.685. The van der Waals surface area contributed by atoms with Crippen molar-refractivity contribution in [1.29, 1.82) is 0 Å². The molecule has 226 valence electrons. The molecule has 0 aromatic heterocycles. The van der Waals surface area contributed by atoms with Gasteiger partial charge in [0.1, 0.15) is 5.82 Å². The average Bonchev–Trinajstić information content (AvgIpc) is 3.33. The summed E-state index contributed by atoms with van der Waals surface area (Å²) in [5.74, 6) is -5.14. The fraction of sp³-hybridized carbons (Fsp3) is 0.323. The van der Waals surface area contributed by atoms with E-state index in [0.29, 0.717) is 46.9 Å². The van der Waals surface area contributed by atoms with Crippen LogP contribution in [0.1, 0.15) is 49.8 Å². The molecule has 1 aliphatic rings. The topological polar surface area (TPSA) is 84.1 Å². The molecule has 0 radical (unpaired) electrons. The number of carbonyl (C=O) groups is 2. The quantitative estimate of drug-likeness (QED) is 0.145. The fourth-order valence-electron chi connectivity index (χ4n) is 5.21. The zero-order valence-corrected chi connectivity index (χ0v) is 24.8. The molecule has 0 bridgehead atoms. The molecule has 1 N–H and O–H groups in total. The van der Waals surface area contributed by atoms with E-state index >= 15 is 0 Å². The maximum absolute atomic E-state index is 14.5. The maximum atomic E-state index is 14.5. The van der Waals surface area contributed by atoms with Gasteiger partial charge in [0.05, 0.1) is 29.6 Å². The number of aliphatic imine (C=N–C) groups is 1. The number of likely N-dealkylation sites (N-methyl/N-ethyl adjacent to an activating group) is 1. The third-order valence-corrected chi connectivity index (χ3v) is 7.62. The van der Waals surface area contributed by atoms with Gasteiger partial charge in [-0.05, 0) is 68.6 Å². The van der Waals surface area contributed by atoms with Gasteiger partial charge in [-0.1, -0.05) is 54.9 Å². The Hall–Kier alpha value is -3.20. The van der Waals surface area contributed by atoms with Crippen molar-refractivity contribution in [3.8, 4) is 0 Å². The van der Waals surface area contributed by atoms with E-state index in [9.17, 15) is 27.9 Å². The number of aliphatic carboxylic acids is 1. The van der Waals surface area contributed by atoms with Gasteiger partial charge in [-0.2, -0.15) is 0 Å². The van der Waals surface area contributed by atoms with Crippen molar-refractivity contribution in [3.05, 3.63) is 105 Å². The molecule has 0 aliphatic carbocycles. The SMILES string of the molecule is CCN1CCC[C@]1(C)C(=O)[N-]c1ccc(Cl)cc1C(=N[C@@H](CC(=O)O)Cc1cc(F)c(F)cc1F)c1ccccc1.[Ni]. The van der Waals surface area contributed by atoms with Crippen LogP contribution < -0.4 is 0 Å². The number of rotatable bonds is 10. The number of benzene rings is 3. The normalized spacial score (nSPS) is 17.9. The summed E-state index contributed by atoms with van der Waals surface area (Å²) in [7, 11) is 0. The van der Waals surface area contributed by atoms with Gasteiger partial charge in [0.25, 0.3) is 0 Å². The van der Waals surface area contributed by atoms with Crippen LogP contribution in [0, 0.1) is 17.5 Å². The number of carboxylic acid groups (broad SMARTS) is 1. The van der Waals surface area contributed by atoms with Gasteiger partial charge < -0.3 is 15.2 Å². The second-order valence-electron chi connectivity index (χ2n) is 10.2. The second kappa shape index (κ2) is 14.3. The van der Waals surface area contributed by atoms with E-state index in [2.05, 4.69) is 10.2 Å². The van der Waals surface area contributed by atoms with Crippen LogP contribution in [-0.2, 0) is 32.5 Å². The minimum atomic E-state index is -1.35. The van der Waals surface area contributed by atoms with Gasteiger partial charge in [-0.15, -0.1) is 5.69 Å². The van der Waals surface area contributed by atoms with Crippen LogP contribution in [0.2, 0.25) is 5.02 Å². The minimum Gasteiger partial charge on any atom is -0.625 e. The molecule has 6 nitrogen and oxygen atoms in total. The first-order chi connectivity index (χ1) is 19.5. The Morgan fingerprint density at radius 1 is 1.07 bits per heavy atom. The summed E-state index contributed by atoms with van der Waals surface area (Å²) in [5, 5.41) is 14.4. The van der Waals surface area contributed by atoms with Crippen molar-refractivity contribution >= 4 is 34.9 Å². The molecular weight excluding hydrogens is 613 g/mol. The predicted octanol–water partition coefficient (Wildman–Crippen LogP) is 7.08. The van der Waals surface area contributed by atoms with Gasteiger partial charge >= 0.3 is 5.97 Å². The summed E-state index contributed by atoms with van der Waals surface area (Å²) in [5.41, 5.74) is 0.527. The van der Waals surface area contributed by atoms with Crippen molar-refractivity contribution < 1.29 is 44.4 Å². The van der Waals surface area contributed by atoms with E-state index in [0.717, 1.165) is 13.0 Å². The number of likely N-dealkylation sites (tertiary alicyclic amines) is 1. The van der Waals surface area contributed by atoms with Crippen LogP contribution in [0.25, 0.3) is 5.32 Å². The fourth-order valence-corrected chi connectivity index (χ4v) is 5.38. The molecule has 1 aliphatic heterocycles. The molecule has 3 aromatic rings. The number of hydrogen-bond donors (Lipinski definition) is 1. The van der Waals surface area contributed by atoms with E-state index in [1.807, 2.05) is 13.8 Å². The largest absolute Gasteiger partial charge is 0.625 e. The third-order valence-electron chi connectivity index (χ3n) is 7.38. The number of amides is 1. The molecule has 1 amide bonds. The number of carbonyl (C=O) groups excluding carboxylic acids is 1. The Morgan fingerprint density at radius 3 is 2.43 bits per heavy atom.